The molecule has 1 aromatic carbocycles. The van der Waals surface area contributed by atoms with Crippen LogP contribution in [0.4, 0.5) is 5.69 Å². The van der Waals surface area contributed by atoms with Crippen LogP contribution >= 0.6 is 0 Å². The Balaban J connectivity index is 1.88. The summed E-state index contributed by atoms with van der Waals surface area (Å²) in [6, 6.07) is 8.54. The zero-order valence-corrected chi connectivity index (χ0v) is 13.2. The molecular formula is C16H26N4O. The fraction of sp³-hybridized carbons (Fsp3) is 0.562. The minimum atomic E-state index is 0.325. The Morgan fingerprint density at radius 1 is 1.52 bits per heavy atom. The van der Waals surface area contributed by atoms with Crippen LogP contribution in [-0.4, -0.2) is 38.7 Å². The highest BCUT2D eigenvalue weighted by atomic mass is 16.5. The number of aliphatic imine (C=N–C) groups is 1. The molecule has 3 N–H and O–H groups in total. The Morgan fingerprint density at radius 3 is 3.05 bits per heavy atom. The molecule has 116 valence electrons. The van der Waals surface area contributed by atoms with E-state index in [9.17, 15) is 0 Å². The predicted molar refractivity (Wildman–Crippen MR) is 88.1 cm³/mol. The first-order valence-electron chi connectivity index (χ1n) is 7.54. The van der Waals surface area contributed by atoms with E-state index in [-0.39, 0.29) is 0 Å². The fourth-order valence-electron chi connectivity index (χ4n) is 2.59. The van der Waals surface area contributed by atoms with Gasteiger partial charge < -0.3 is 20.7 Å². The number of nitrogens with zero attached hydrogens (tertiary/aromatic N) is 2. The van der Waals surface area contributed by atoms with Crippen LogP contribution in [0.1, 0.15) is 20.3 Å². The monoisotopic (exact) mass is 290 g/mol. The number of hydrogen-bond donors (Lipinski definition) is 2. The highest BCUT2D eigenvalue weighted by molar-refractivity contribution is 5.78. The van der Waals surface area contributed by atoms with Crippen molar-refractivity contribution in [2.45, 2.75) is 26.3 Å². The van der Waals surface area contributed by atoms with Gasteiger partial charge in [0.2, 0.25) is 0 Å². The topological polar surface area (TPSA) is 62.9 Å². The van der Waals surface area contributed by atoms with Crippen LogP contribution in [-0.2, 0) is 0 Å². The lowest BCUT2D eigenvalue weighted by Crippen LogP contribution is -2.37. The summed E-state index contributed by atoms with van der Waals surface area (Å²) in [7, 11) is 1.70. The molecule has 2 rings (SSSR count). The molecule has 5 nitrogen and oxygen atoms in total. The lowest BCUT2D eigenvalue weighted by atomic mass is 10.1. The molecule has 0 aliphatic carbocycles. The van der Waals surface area contributed by atoms with E-state index in [1.165, 1.54) is 5.69 Å². The van der Waals surface area contributed by atoms with E-state index in [1.54, 1.807) is 7.11 Å². The van der Waals surface area contributed by atoms with Gasteiger partial charge in [0.05, 0.1) is 7.11 Å². The summed E-state index contributed by atoms with van der Waals surface area (Å²) in [6.45, 7) is 6.98. The molecule has 5 heteroatoms. The highest BCUT2D eigenvalue weighted by Gasteiger charge is 2.22. The minimum Gasteiger partial charge on any atom is -0.497 e. The van der Waals surface area contributed by atoms with Crippen molar-refractivity contribution in [1.29, 1.82) is 0 Å². The summed E-state index contributed by atoms with van der Waals surface area (Å²) >= 11 is 0. The second kappa shape index (κ2) is 7.20. The molecule has 21 heavy (non-hydrogen) atoms. The van der Waals surface area contributed by atoms with E-state index in [2.05, 4.69) is 41.2 Å². The van der Waals surface area contributed by atoms with Crippen LogP contribution in [0.25, 0.3) is 0 Å². The summed E-state index contributed by atoms with van der Waals surface area (Å²) < 4.78 is 5.28. The summed E-state index contributed by atoms with van der Waals surface area (Å²) in [5.41, 5.74) is 7.06. The molecule has 0 amide bonds. The third kappa shape index (κ3) is 4.55. The van der Waals surface area contributed by atoms with E-state index in [0.717, 1.165) is 31.8 Å². The SMILES string of the molecule is COc1cccc(N2CCC(CN=C(N)NC(C)C)C2)c1. The number of ether oxygens (including phenoxy) is 1. The number of hydrogen-bond acceptors (Lipinski definition) is 3. The first-order chi connectivity index (χ1) is 10.1. The maximum atomic E-state index is 5.85. The molecule has 0 saturated carbocycles. The second-order valence-electron chi connectivity index (χ2n) is 5.83. The second-order valence-corrected chi connectivity index (χ2v) is 5.83. The lowest BCUT2D eigenvalue weighted by molar-refractivity contribution is 0.415. The van der Waals surface area contributed by atoms with Crippen molar-refractivity contribution in [1.82, 2.24) is 5.32 Å². The maximum absolute atomic E-state index is 5.85. The van der Waals surface area contributed by atoms with Gasteiger partial charge in [-0.05, 0) is 38.3 Å². The fourth-order valence-corrected chi connectivity index (χ4v) is 2.59. The van der Waals surface area contributed by atoms with Gasteiger partial charge in [0.15, 0.2) is 5.96 Å². The quantitative estimate of drug-likeness (QED) is 0.641. The normalized spacial score (nSPS) is 19.1. The van der Waals surface area contributed by atoms with E-state index >= 15 is 0 Å². The van der Waals surface area contributed by atoms with E-state index in [1.807, 2.05) is 12.1 Å². The number of guanidine groups is 1. The van der Waals surface area contributed by atoms with Gasteiger partial charge in [-0.15, -0.1) is 0 Å². The highest BCUT2D eigenvalue weighted by Crippen LogP contribution is 2.26. The Morgan fingerprint density at radius 2 is 2.33 bits per heavy atom. The average molecular weight is 290 g/mol. The molecule has 0 aromatic heterocycles. The van der Waals surface area contributed by atoms with Gasteiger partial charge in [0, 0.05) is 37.4 Å². The molecule has 1 aliphatic rings. The number of benzene rings is 1. The first kappa shape index (κ1) is 15.5. The van der Waals surface area contributed by atoms with Gasteiger partial charge in [-0.25, -0.2) is 0 Å². The average Bonchev–Trinajstić information content (AvgIpc) is 2.93. The number of rotatable bonds is 5. The van der Waals surface area contributed by atoms with Crippen LogP contribution < -0.4 is 20.7 Å². The van der Waals surface area contributed by atoms with Gasteiger partial charge >= 0.3 is 0 Å². The van der Waals surface area contributed by atoms with Gasteiger partial charge in [-0.2, -0.15) is 0 Å². The molecular weight excluding hydrogens is 264 g/mol. The molecule has 1 aromatic rings. The summed E-state index contributed by atoms with van der Waals surface area (Å²) in [5.74, 6) is 2.01. The largest absolute Gasteiger partial charge is 0.497 e. The third-order valence-electron chi connectivity index (χ3n) is 3.66. The lowest BCUT2D eigenvalue weighted by Gasteiger charge is -2.19. The van der Waals surface area contributed by atoms with Gasteiger partial charge in [0.25, 0.3) is 0 Å². The first-order valence-corrected chi connectivity index (χ1v) is 7.54. The van der Waals surface area contributed by atoms with Crippen molar-refractivity contribution in [3.8, 4) is 5.75 Å². The van der Waals surface area contributed by atoms with Crippen LogP contribution in [0.15, 0.2) is 29.3 Å². The third-order valence-corrected chi connectivity index (χ3v) is 3.66. The van der Waals surface area contributed by atoms with Crippen LogP contribution in [0.3, 0.4) is 0 Å². The van der Waals surface area contributed by atoms with Gasteiger partial charge in [-0.3, -0.25) is 4.99 Å². The summed E-state index contributed by atoms with van der Waals surface area (Å²) in [4.78, 5) is 6.82. The smallest absolute Gasteiger partial charge is 0.188 e. The Bertz CT molecular complexity index is 487. The molecule has 1 fully saturated rings. The number of methoxy groups -OCH3 is 1. The van der Waals surface area contributed by atoms with Crippen LogP contribution in [0, 0.1) is 5.92 Å². The van der Waals surface area contributed by atoms with E-state index in [4.69, 9.17) is 10.5 Å². The standard InChI is InChI=1S/C16H26N4O/c1-12(2)19-16(17)18-10-13-7-8-20(11-13)14-5-4-6-15(9-14)21-3/h4-6,9,12-13H,7-8,10-11H2,1-3H3,(H3,17,18,19). The molecule has 0 spiro atoms. The molecule has 1 unspecified atom stereocenters. The predicted octanol–water partition coefficient (Wildman–Crippen LogP) is 1.83. The molecule has 0 bridgehead atoms. The summed E-state index contributed by atoms with van der Waals surface area (Å²) in [6.07, 6.45) is 1.15. The number of nitrogens with two attached hydrogens (primary N) is 1. The number of anilines is 1. The Labute approximate surface area is 127 Å². The Kier molecular flexibility index (Phi) is 5.31. The van der Waals surface area contributed by atoms with Crippen molar-refractivity contribution in [2.75, 3.05) is 31.6 Å². The molecule has 1 aliphatic heterocycles. The maximum Gasteiger partial charge on any atom is 0.188 e. The van der Waals surface area contributed by atoms with Gasteiger partial charge in [-0.1, -0.05) is 6.07 Å². The molecule has 1 saturated heterocycles. The molecule has 0 radical (unpaired) electrons. The van der Waals surface area contributed by atoms with Crippen molar-refractivity contribution in [2.24, 2.45) is 16.6 Å². The van der Waals surface area contributed by atoms with Crippen LogP contribution in [0.5, 0.6) is 5.75 Å². The summed E-state index contributed by atoms with van der Waals surface area (Å²) in [5, 5.41) is 3.12. The minimum absolute atomic E-state index is 0.325. The van der Waals surface area contributed by atoms with Crippen molar-refractivity contribution < 1.29 is 4.74 Å². The molecule has 1 heterocycles. The van der Waals surface area contributed by atoms with E-state index < -0.39 is 0 Å². The zero-order chi connectivity index (χ0) is 15.2. The van der Waals surface area contributed by atoms with Crippen molar-refractivity contribution >= 4 is 11.6 Å². The molecule has 1 atom stereocenters. The van der Waals surface area contributed by atoms with E-state index in [0.29, 0.717) is 17.9 Å². The van der Waals surface area contributed by atoms with Gasteiger partial charge in [0.1, 0.15) is 5.75 Å². The number of nitrogens with one attached hydrogen (secondary N) is 1. The van der Waals surface area contributed by atoms with Crippen molar-refractivity contribution in [3.63, 3.8) is 0 Å². The van der Waals surface area contributed by atoms with Crippen molar-refractivity contribution in [3.05, 3.63) is 24.3 Å². The van der Waals surface area contributed by atoms with Crippen LogP contribution in [0.2, 0.25) is 0 Å². The Hall–Kier alpha value is -1.91. The zero-order valence-electron chi connectivity index (χ0n) is 13.2.